The third-order valence-electron chi connectivity index (χ3n) is 4.24. The zero-order valence-corrected chi connectivity index (χ0v) is 14.4. The molecule has 1 heterocycles. The highest BCUT2D eigenvalue weighted by Crippen LogP contribution is 2.48. The summed E-state index contributed by atoms with van der Waals surface area (Å²) in [5.74, 6) is -0.159. The highest BCUT2D eigenvalue weighted by molar-refractivity contribution is 7.99. The third-order valence-corrected chi connectivity index (χ3v) is 5.54. The maximum Gasteiger partial charge on any atom is 0.275 e. The Labute approximate surface area is 154 Å². The maximum atomic E-state index is 13.2. The molecule has 5 nitrogen and oxygen atoms in total. The predicted molar refractivity (Wildman–Crippen MR) is 101 cm³/mol. The average Bonchev–Trinajstić information content (AvgIpc) is 2.68. The molecule has 0 aliphatic carbocycles. The summed E-state index contributed by atoms with van der Waals surface area (Å²) in [7, 11) is 0. The van der Waals surface area contributed by atoms with Crippen LogP contribution in [0.3, 0.4) is 0 Å². The van der Waals surface area contributed by atoms with Gasteiger partial charge in [-0.15, -0.1) is 0 Å². The van der Waals surface area contributed by atoms with Gasteiger partial charge in [-0.3, -0.25) is 19.8 Å². The first-order valence-corrected chi connectivity index (χ1v) is 8.92. The van der Waals surface area contributed by atoms with Crippen molar-refractivity contribution < 1.29 is 9.72 Å². The second-order valence-corrected chi connectivity index (χ2v) is 6.92. The van der Waals surface area contributed by atoms with Crippen LogP contribution < -0.4 is 4.90 Å². The molecular weight excluding hydrogens is 348 g/mol. The molecule has 0 spiro atoms. The van der Waals surface area contributed by atoms with Gasteiger partial charge < -0.3 is 0 Å². The van der Waals surface area contributed by atoms with Crippen molar-refractivity contribution in [3.8, 4) is 0 Å². The van der Waals surface area contributed by atoms with Gasteiger partial charge in [0.15, 0.2) is 0 Å². The fourth-order valence-electron chi connectivity index (χ4n) is 3.06. The van der Waals surface area contributed by atoms with Gasteiger partial charge in [-0.25, -0.2) is 0 Å². The predicted octanol–water partition coefficient (Wildman–Crippen LogP) is 5.05. The van der Waals surface area contributed by atoms with Gasteiger partial charge in [0.2, 0.25) is 0 Å². The van der Waals surface area contributed by atoms with Gasteiger partial charge in [0.1, 0.15) is 5.37 Å². The van der Waals surface area contributed by atoms with E-state index in [1.165, 1.54) is 17.8 Å². The molecule has 0 N–H and O–H groups in total. The minimum Gasteiger partial charge on any atom is -0.291 e. The Hall–Kier alpha value is -3.12. The lowest BCUT2D eigenvalue weighted by molar-refractivity contribution is -0.385. The minimum atomic E-state index is -0.513. The van der Waals surface area contributed by atoms with Crippen molar-refractivity contribution in [1.29, 1.82) is 0 Å². The van der Waals surface area contributed by atoms with Gasteiger partial charge >= 0.3 is 0 Å². The number of hydrogen-bond acceptors (Lipinski definition) is 4. The van der Waals surface area contributed by atoms with E-state index in [1.807, 2.05) is 48.5 Å². The van der Waals surface area contributed by atoms with Crippen molar-refractivity contribution >= 4 is 29.0 Å². The van der Waals surface area contributed by atoms with Crippen LogP contribution in [-0.2, 0) is 0 Å². The summed E-state index contributed by atoms with van der Waals surface area (Å²) in [6.45, 7) is 0. The molecular formula is C20H14N2O3S. The quantitative estimate of drug-likeness (QED) is 0.483. The Morgan fingerprint density at radius 2 is 1.54 bits per heavy atom. The summed E-state index contributed by atoms with van der Waals surface area (Å²) in [4.78, 5) is 26.8. The van der Waals surface area contributed by atoms with Crippen LogP contribution in [0.1, 0.15) is 21.3 Å². The number of benzene rings is 3. The van der Waals surface area contributed by atoms with Gasteiger partial charge in [0.25, 0.3) is 11.6 Å². The topological polar surface area (TPSA) is 63.4 Å². The molecule has 0 unspecified atom stereocenters. The molecule has 1 amide bonds. The molecule has 3 aromatic carbocycles. The second kappa shape index (κ2) is 6.65. The Balaban J connectivity index is 1.92. The fraction of sp³-hybridized carbons (Fsp3) is 0.0500. The number of thioether (sulfide) groups is 1. The molecule has 1 aliphatic rings. The van der Waals surface area contributed by atoms with E-state index in [9.17, 15) is 14.9 Å². The number of para-hydroxylation sites is 2. The number of rotatable bonds is 3. The van der Waals surface area contributed by atoms with Crippen LogP contribution in [0, 0.1) is 10.1 Å². The highest BCUT2D eigenvalue weighted by Gasteiger charge is 2.37. The van der Waals surface area contributed by atoms with Crippen molar-refractivity contribution in [2.24, 2.45) is 0 Å². The summed E-state index contributed by atoms with van der Waals surface area (Å²) in [5.41, 5.74) is 1.84. The molecule has 128 valence electrons. The first kappa shape index (κ1) is 16.4. The lowest BCUT2D eigenvalue weighted by Crippen LogP contribution is -2.37. The number of carbonyl (C=O) groups is 1. The Bertz CT molecular complexity index is 991. The van der Waals surface area contributed by atoms with Gasteiger partial charge in [-0.1, -0.05) is 54.2 Å². The molecule has 1 atom stereocenters. The van der Waals surface area contributed by atoms with Crippen LogP contribution in [0.5, 0.6) is 0 Å². The summed E-state index contributed by atoms with van der Waals surface area (Å²) in [6, 6.07) is 23.2. The number of amides is 1. The fourth-order valence-corrected chi connectivity index (χ4v) is 4.39. The first-order chi connectivity index (χ1) is 12.7. The number of nitro benzene ring substituents is 1. The molecule has 0 radical (unpaired) electrons. The molecule has 6 heteroatoms. The summed E-state index contributed by atoms with van der Waals surface area (Å²) < 4.78 is 0. The van der Waals surface area contributed by atoms with Crippen LogP contribution in [0.15, 0.2) is 83.8 Å². The standard InChI is InChI=1S/C20H14N2O3S/c23-19-16-11-5-7-13-18(16)26-20(21(19)14-8-2-1-3-9-14)15-10-4-6-12-17(15)22(24)25/h1-13,20H/t20-/m0/s1. The van der Waals surface area contributed by atoms with E-state index >= 15 is 0 Å². The number of nitro groups is 1. The van der Waals surface area contributed by atoms with Crippen LogP contribution >= 0.6 is 11.8 Å². The molecule has 3 aromatic rings. The summed E-state index contributed by atoms with van der Waals surface area (Å²) in [6.07, 6.45) is 0. The number of anilines is 1. The lowest BCUT2D eigenvalue weighted by Gasteiger charge is -2.36. The molecule has 0 fully saturated rings. The van der Waals surface area contributed by atoms with Gasteiger partial charge in [-0.2, -0.15) is 0 Å². The highest BCUT2D eigenvalue weighted by atomic mass is 32.2. The molecule has 4 rings (SSSR count). The second-order valence-electron chi connectivity index (χ2n) is 5.79. The Kier molecular flexibility index (Phi) is 4.18. The molecule has 0 saturated heterocycles. The monoisotopic (exact) mass is 362 g/mol. The molecule has 26 heavy (non-hydrogen) atoms. The number of hydrogen-bond donors (Lipinski definition) is 0. The average molecular weight is 362 g/mol. The van der Waals surface area contributed by atoms with Crippen LogP contribution in [-0.4, -0.2) is 10.8 Å². The van der Waals surface area contributed by atoms with E-state index in [1.54, 1.807) is 29.2 Å². The smallest absolute Gasteiger partial charge is 0.275 e. The van der Waals surface area contributed by atoms with Gasteiger partial charge in [0, 0.05) is 16.6 Å². The summed E-state index contributed by atoms with van der Waals surface area (Å²) in [5, 5.41) is 11.0. The summed E-state index contributed by atoms with van der Waals surface area (Å²) >= 11 is 1.45. The van der Waals surface area contributed by atoms with Crippen molar-refractivity contribution in [1.82, 2.24) is 0 Å². The van der Waals surface area contributed by atoms with E-state index < -0.39 is 10.3 Å². The van der Waals surface area contributed by atoms with Crippen LogP contribution in [0.25, 0.3) is 0 Å². The molecule has 0 bridgehead atoms. The minimum absolute atomic E-state index is 0.0121. The SMILES string of the molecule is O=C1c2ccccc2S[C@@H](c2ccccc2[N+](=O)[O-])N1c1ccccc1. The first-order valence-electron chi connectivity index (χ1n) is 8.04. The van der Waals surface area contributed by atoms with Crippen molar-refractivity contribution in [2.45, 2.75) is 10.3 Å². The van der Waals surface area contributed by atoms with Gasteiger partial charge in [-0.05, 0) is 30.3 Å². The van der Waals surface area contributed by atoms with E-state index in [4.69, 9.17) is 0 Å². The van der Waals surface area contributed by atoms with Gasteiger partial charge in [0.05, 0.1) is 16.1 Å². The molecule has 1 aliphatic heterocycles. The molecule has 0 aromatic heterocycles. The van der Waals surface area contributed by atoms with Crippen molar-refractivity contribution in [3.05, 3.63) is 100 Å². The van der Waals surface area contributed by atoms with Crippen LogP contribution in [0.2, 0.25) is 0 Å². The lowest BCUT2D eigenvalue weighted by atomic mass is 10.1. The van der Waals surface area contributed by atoms with Crippen LogP contribution in [0.4, 0.5) is 11.4 Å². The maximum absolute atomic E-state index is 13.2. The Morgan fingerprint density at radius 3 is 2.31 bits per heavy atom. The number of nitrogens with zero attached hydrogens (tertiary/aromatic N) is 2. The van der Waals surface area contributed by atoms with E-state index in [0.717, 1.165) is 4.90 Å². The zero-order valence-electron chi connectivity index (χ0n) is 13.6. The van der Waals surface area contributed by atoms with E-state index in [-0.39, 0.29) is 11.6 Å². The third kappa shape index (κ3) is 2.74. The number of carbonyl (C=O) groups excluding carboxylic acids is 1. The van der Waals surface area contributed by atoms with E-state index in [2.05, 4.69) is 0 Å². The number of fused-ring (bicyclic) bond motifs is 1. The van der Waals surface area contributed by atoms with Crippen molar-refractivity contribution in [2.75, 3.05) is 4.90 Å². The van der Waals surface area contributed by atoms with Crippen molar-refractivity contribution in [3.63, 3.8) is 0 Å². The Morgan fingerprint density at radius 1 is 0.885 bits per heavy atom. The molecule has 0 saturated carbocycles. The zero-order chi connectivity index (χ0) is 18.1. The normalized spacial score (nSPS) is 16.2. The largest absolute Gasteiger partial charge is 0.291 e. The van der Waals surface area contributed by atoms with E-state index in [0.29, 0.717) is 16.8 Å².